The van der Waals surface area contributed by atoms with Gasteiger partial charge in [0.1, 0.15) is 10.6 Å². The first-order valence-electron chi connectivity index (χ1n) is 10.4. The fraction of sp³-hybridized carbons (Fsp3) is 0.240. The van der Waals surface area contributed by atoms with E-state index in [9.17, 15) is 18.3 Å². The van der Waals surface area contributed by atoms with Crippen LogP contribution in [0.15, 0.2) is 83.8 Å². The van der Waals surface area contributed by atoms with Crippen molar-refractivity contribution in [2.75, 3.05) is 11.9 Å². The van der Waals surface area contributed by atoms with Crippen molar-refractivity contribution in [3.8, 4) is 5.75 Å². The molecule has 0 fully saturated rings. The van der Waals surface area contributed by atoms with Crippen LogP contribution in [-0.2, 0) is 14.9 Å². The standard InChI is InChI=1S/C25H26BrNO5S/c1-18-8-14-23(15-9-18)33(30,31)32-22-12-10-21(11-13-22)24(28)17-27(25(29)16-26)19(2)20-6-4-3-5-7-20/h3-15,19,24,28H,16-17H2,1-2H3/t19-,24+/m1/s1. The second-order valence-electron chi connectivity index (χ2n) is 7.70. The average Bonchev–Trinajstić information content (AvgIpc) is 2.82. The third-order valence-corrected chi connectivity index (χ3v) is 7.08. The molecule has 0 aromatic heterocycles. The van der Waals surface area contributed by atoms with E-state index >= 15 is 0 Å². The smallest absolute Gasteiger partial charge is 0.339 e. The fourth-order valence-electron chi connectivity index (χ4n) is 3.38. The van der Waals surface area contributed by atoms with Gasteiger partial charge in [-0.2, -0.15) is 8.42 Å². The zero-order chi connectivity index (χ0) is 24.0. The van der Waals surface area contributed by atoms with Gasteiger partial charge >= 0.3 is 10.1 Å². The summed E-state index contributed by atoms with van der Waals surface area (Å²) < 4.78 is 30.2. The van der Waals surface area contributed by atoms with Crippen molar-refractivity contribution < 1.29 is 22.5 Å². The first-order valence-corrected chi connectivity index (χ1v) is 12.9. The molecule has 2 atom stereocenters. The van der Waals surface area contributed by atoms with E-state index in [0.717, 1.165) is 11.1 Å². The van der Waals surface area contributed by atoms with E-state index in [4.69, 9.17) is 4.18 Å². The summed E-state index contributed by atoms with van der Waals surface area (Å²) in [5, 5.41) is 10.9. The second kappa shape index (κ2) is 11.0. The van der Waals surface area contributed by atoms with Crippen LogP contribution in [0.1, 0.15) is 35.8 Å². The molecule has 0 aliphatic carbocycles. The van der Waals surface area contributed by atoms with E-state index < -0.39 is 16.2 Å². The van der Waals surface area contributed by atoms with Crippen LogP contribution in [-0.4, -0.2) is 36.2 Å². The average molecular weight is 532 g/mol. The molecule has 3 rings (SSSR count). The summed E-state index contributed by atoms with van der Waals surface area (Å²) in [5.41, 5.74) is 2.45. The summed E-state index contributed by atoms with van der Waals surface area (Å²) in [6, 6.07) is 21.9. The maximum atomic E-state index is 12.5. The number of alkyl halides is 1. The molecule has 0 saturated carbocycles. The molecule has 0 radical (unpaired) electrons. The van der Waals surface area contributed by atoms with E-state index in [0.29, 0.717) is 5.56 Å². The Hall–Kier alpha value is -2.68. The summed E-state index contributed by atoms with van der Waals surface area (Å²) in [4.78, 5) is 14.2. The van der Waals surface area contributed by atoms with Gasteiger partial charge in [0, 0.05) is 0 Å². The van der Waals surface area contributed by atoms with Crippen molar-refractivity contribution in [3.63, 3.8) is 0 Å². The van der Waals surface area contributed by atoms with Gasteiger partial charge in [-0.15, -0.1) is 0 Å². The molecule has 0 spiro atoms. The van der Waals surface area contributed by atoms with Crippen LogP contribution in [0.4, 0.5) is 0 Å². The largest absolute Gasteiger partial charge is 0.387 e. The van der Waals surface area contributed by atoms with E-state index in [2.05, 4.69) is 15.9 Å². The monoisotopic (exact) mass is 531 g/mol. The molecule has 0 saturated heterocycles. The minimum atomic E-state index is -3.96. The Bertz CT molecular complexity index is 1170. The van der Waals surface area contributed by atoms with Crippen molar-refractivity contribution in [3.05, 3.63) is 95.6 Å². The van der Waals surface area contributed by atoms with E-state index in [1.807, 2.05) is 44.2 Å². The predicted octanol–water partition coefficient (Wildman–Crippen LogP) is 4.78. The van der Waals surface area contributed by atoms with Gasteiger partial charge in [-0.25, -0.2) is 0 Å². The number of aryl methyl sites for hydroxylation is 1. The van der Waals surface area contributed by atoms with Gasteiger partial charge in [-0.05, 0) is 49.2 Å². The number of carbonyl (C=O) groups excluding carboxylic acids is 1. The topological polar surface area (TPSA) is 83.9 Å². The van der Waals surface area contributed by atoms with E-state index in [-0.39, 0.29) is 34.5 Å². The van der Waals surface area contributed by atoms with Gasteiger partial charge in [0.15, 0.2) is 0 Å². The van der Waals surface area contributed by atoms with Crippen LogP contribution < -0.4 is 4.18 Å². The highest BCUT2D eigenvalue weighted by Gasteiger charge is 2.24. The quantitative estimate of drug-likeness (QED) is 0.317. The van der Waals surface area contributed by atoms with Crippen molar-refractivity contribution in [2.45, 2.75) is 30.9 Å². The Kier molecular flexibility index (Phi) is 8.29. The number of aliphatic hydroxyl groups is 1. The van der Waals surface area contributed by atoms with Gasteiger partial charge in [-0.1, -0.05) is 76.1 Å². The Balaban J connectivity index is 1.72. The SMILES string of the molecule is Cc1ccc(S(=O)(=O)Oc2ccc([C@@H](O)CN(C(=O)CBr)[C@H](C)c3ccccc3)cc2)cc1. The highest BCUT2D eigenvalue weighted by Crippen LogP contribution is 2.26. The highest BCUT2D eigenvalue weighted by atomic mass is 79.9. The molecular weight excluding hydrogens is 506 g/mol. The number of hydrogen-bond donors (Lipinski definition) is 1. The van der Waals surface area contributed by atoms with Gasteiger partial charge < -0.3 is 14.2 Å². The Labute approximate surface area is 203 Å². The summed E-state index contributed by atoms with van der Waals surface area (Å²) in [6.45, 7) is 3.87. The zero-order valence-corrected chi connectivity index (χ0v) is 20.8. The van der Waals surface area contributed by atoms with Crippen LogP contribution in [0.5, 0.6) is 5.75 Å². The molecule has 0 bridgehead atoms. The lowest BCUT2D eigenvalue weighted by Crippen LogP contribution is -2.37. The van der Waals surface area contributed by atoms with Gasteiger partial charge in [0.05, 0.1) is 24.0 Å². The molecule has 1 N–H and O–H groups in total. The maximum Gasteiger partial charge on any atom is 0.339 e. The van der Waals surface area contributed by atoms with E-state index in [1.54, 1.807) is 29.2 Å². The number of rotatable bonds is 9. The van der Waals surface area contributed by atoms with E-state index in [1.165, 1.54) is 24.3 Å². The number of hydrogen-bond acceptors (Lipinski definition) is 5. The maximum absolute atomic E-state index is 12.5. The van der Waals surface area contributed by atoms with Crippen molar-refractivity contribution in [1.29, 1.82) is 0 Å². The molecular formula is C25H26BrNO5S. The van der Waals surface area contributed by atoms with Crippen molar-refractivity contribution in [1.82, 2.24) is 4.90 Å². The Morgan fingerprint density at radius 1 is 0.970 bits per heavy atom. The number of amides is 1. The Morgan fingerprint density at radius 3 is 2.15 bits per heavy atom. The first-order chi connectivity index (χ1) is 15.7. The zero-order valence-electron chi connectivity index (χ0n) is 18.4. The summed E-state index contributed by atoms with van der Waals surface area (Å²) in [7, 11) is -3.96. The molecule has 0 aliphatic heterocycles. The minimum absolute atomic E-state index is 0.0658. The second-order valence-corrected chi connectivity index (χ2v) is 9.81. The normalized spacial score (nSPS) is 13.2. The number of carbonyl (C=O) groups is 1. The summed E-state index contributed by atoms with van der Waals surface area (Å²) in [5.74, 6) is -0.00730. The van der Waals surface area contributed by atoms with Crippen LogP contribution in [0.3, 0.4) is 0 Å². The van der Waals surface area contributed by atoms with Crippen LogP contribution in [0.2, 0.25) is 0 Å². The highest BCUT2D eigenvalue weighted by molar-refractivity contribution is 9.09. The fourth-order valence-corrected chi connectivity index (χ4v) is 4.63. The van der Waals surface area contributed by atoms with Gasteiger partial charge in [0.2, 0.25) is 5.91 Å². The molecule has 0 heterocycles. The van der Waals surface area contributed by atoms with Crippen LogP contribution in [0, 0.1) is 6.92 Å². The number of nitrogens with zero attached hydrogens (tertiary/aromatic N) is 1. The molecule has 3 aromatic rings. The molecule has 8 heteroatoms. The third kappa shape index (κ3) is 6.43. The van der Waals surface area contributed by atoms with Crippen molar-refractivity contribution in [2.24, 2.45) is 0 Å². The summed E-state index contributed by atoms with van der Waals surface area (Å²) >= 11 is 3.22. The summed E-state index contributed by atoms with van der Waals surface area (Å²) in [6.07, 6.45) is -0.957. The molecule has 174 valence electrons. The van der Waals surface area contributed by atoms with Gasteiger partial charge in [-0.3, -0.25) is 4.79 Å². The molecule has 33 heavy (non-hydrogen) atoms. The van der Waals surface area contributed by atoms with Gasteiger partial charge in [0.25, 0.3) is 0 Å². The molecule has 1 amide bonds. The molecule has 6 nitrogen and oxygen atoms in total. The minimum Gasteiger partial charge on any atom is -0.387 e. The lowest BCUT2D eigenvalue weighted by Gasteiger charge is -2.31. The molecule has 0 unspecified atom stereocenters. The third-order valence-electron chi connectivity index (χ3n) is 5.33. The first kappa shape index (κ1) is 25.0. The Morgan fingerprint density at radius 2 is 1.58 bits per heavy atom. The predicted molar refractivity (Wildman–Crippen MR) is 131 cm³/mol. The van der Waals surface area contributed by atoms with Crippen LogP contribution in [0.25, 0.3) is 0 Å². The van der Waals surface area contributed by atoms with Crippen molar-refractivity contribution >= 4 is 32.0 Å². The number of halogens is 1. The lowest BCUT2D eigenvalue weighted by molar-refractivity contribution is -0.132. The molecule has 0 aliphatic rings. The number of aliphatic hydroxyl groups excluding tert-OH is 1. The molecule has 3 aromatic carbocycles. The number of benzene rings is 3. The van der Waals surface area contributed by atoms with Crippen LogP contribution >= 0.6 is 15.9 Å². The lowest BCUT2D eigenvalue weighted by atomic mass is 10.0.